The second-order valence-electron chi connectivity index (χ2n) is 7.36. The first-order valence-corrected chi connectivity index (χ1v) is 9.14. The Morgan fingerprint density at radius 2 is 1.90 bits per heavy atom. The Balaban J connectivity index is 1.64. The van der Waals surface area contributed by atoms with Crippen molar-refractivity contribution < 1.29 is 26.7 Å². The lowest BCUT2D eigenvalue weighted by atomic mass is 10.0. The summed E-state index contributed by atoms with van der Waals surface area (Å²) >= 11 is 0. The van der Waals surface area contributed by atoms with E-state index in [1.165, 1.54) is 0 Å². The standard InChI is InChI=1S/C18H17F5N4O2/c19-11-7-13(21)12(20)6-10(11)8-26-17(29)27-14(2-1-3-15(27)24-26)16(28)25-5-4-18(22,23)9-25/h6-7,14H,1-5,8-9H2/t14-/m1/s1. The number of alkyl halides is 2. The van der Waals surface area contributed by atoms with Crippen molar-refractivity contribution in [1.29, 1.82) is 0 Å². The molecule has 3 heterocycles. The Hall–Kier alpha value is -2.72. The van der Waals surface area contributed by atoms with Gasteiger partial charge in [0.15, 0.2) is 11.6 Å². The molecule has 1 atom stereocenters. The minimum absolute atomic E-state index is 0.0966. The van der Waals surface area contributed by atoms with Gasteiger partial charge in [0.05, 0.1) is 13.1 Å². The van der Waals surface area contributed by atoms with E-state index in [9.17, 15) is 31.5 Å². The Morgan fingerprint density at radius 3 is 2.59 bits per heavy atom. The zero-order chi connectivity index (χ0) is 20.9. The first-order chi connectivity index (χ1) is 13.7. The fraction of sp³-hybridized carbons (Fsp3) is 0.500. The van der Waals surface area contributed by atoms with E-state index in [0.29, 0.717) is 31.4 Å². The van der Waals surface area contributed by atoms with Crippen LogP contribution in [0.3, 0.4) is 0 Å². The molecule has 1 fully saturated rings. The van der Waals surface area contributed by atoms with E-state index in [0.717, 1.165) is 14.1 Å². The van der Waals surface area contributed by atoms with Crippen LogP contribution in [0.4, 0.5) is 22.0 Å². The largest absolute Gasteiger partial charge is 0.346 e. The van der Waals surface area contributed by atoms with Crippen molar-refractivity contribution in [2.45, 2.75) is 44.2 Å². The minimum atomic E-state index is -2.95. The quantitative estimate of drug-likeness (QED) is 0.570. The van der Waals surface area contributed by atoms with Crippen LogP contribution in [0.25, 0.3) is 0 Å². The highest BCUT2D eigenvalue weighted by molar-refractivity contribution is 5.81. The van der Waals surface area contributed by atoms with Gasteiger partial charge in [-0.25, -0.2) is 31.4 Å². The third kappa shape index (κ3) is 3.53. The molecular formula is C18H17F5N4O2. The highest BCUT2D eigenvalue weighted by Gasteiger charge is 2.43. The van der Waals surface area contributed by atoms with E-state index in [1.54, 1.807) is 0 Å². The molecule has 1 saturated heterocycles. The third-order valence-corrected chi connectivity index (χ3v) is 5.31. The minimum Gasteiger partial charge on any atom is -0.335 e. The van der Waals surface area contributed by atoms with Crippen LogP contribution in [-0.2, 0) is 17.8 Å². The number of likely N-dealkylation sites (tertiary alicyclic amines) is 1. The number of nitrogens with zero attached hydrogens (tertiary/aromatic N) is 4. The number of benzene rings is 1. The molecule has 4 rings (SSSR count). The Kier molecular flexibility index (Phi) is 4.70. The number of aryl methyl sites for hydroxylation is 1. The summed E-state index contributed by atoms with van der Waals surface area (Å²) in [6, 6.07) is 0.0550. The maximum absolute atomic E-state index is 13.9. The molecule has 2 aromatic rings. The first kappa shape index (κ1) is 19.6. The van der Waals surface area contributed by atoms with Crippen molar-refractivity contribution in [2.24, 2.45) is 0 Å². The smallest absolute Gasteiger partial charge is 0.335 e. The molecule has 1 amide bonds. The average Bonchev–Trinajstić information content (AvgIpc) is 3.18. The molecule has 0 aliphatic carbocycles. The van der Waals surface area contributed by atoms with Crippen molar-refractivity contribution in [3.8, 4) is 0 Å². The summed E-state index contributed by atoms with van der Waals surface area (Å²) in [5.74, 6) is -6.91. The van der Waals surface area contributed by atoms with Gasteiger partial charge in [-0.15, -0.1) is 0 Å². The van der Waals surface area contributed by atoms with Crippen molar-refractivity contribution in [1.82, 2.24) is 19.2 Å². The summed E-state index contributed by atoms with van der Waals surface area (Å²) in [5, 5.41) is 4.09. The Morgan fingerprint density at radius 1 is 1.17 bits per heavy atom. The average molecular weight is 416 g/mol. The topological polar surface area (TPSA) is 60.1 Å². The normalized spacial score (nSPS) is 20.7. The molecule has 1 aromatic heterocycles. The molecule has 11 heteroatoms. The second kappa shape index (κ2) is 6.96. The molecule has 0 unspecified atom stereocenters. The predicted molar refractivity (Wildman–Crippen MR) is 90.0 cm³/mol. The fourth-order valence-corrected chi connectivity index (χ4v) is 3.85. The number of carbonyl (C=O) groups excluding carboxylic acids is 1. The van der Waals surface area contributed by atoms with Crippen LogP contribution in [0.5, 0.6) is 0 Å². The number of hydrogen-bond acceptors (Lipinski definition) is 3. The maximum atomic E-state index is 13.9. The van der Waals surface area contributed by atoms with Crippen molar-refractivity contribution in [2.75, 3.05) is 13.1 Å². The third-order valence-electron chi connectivity index (χ3n) is 5.31. The monoisotopic (exact) mass is 416 g/mol. The fourth-order valence-electron chi connectivity index (χ4n) is 3.85. The van der Waals surface area contributed by atoms with Crippen LogP contribution in [0.2, 0.25) is 0 Å². The summed E-state index contributed by atoms with van der Waals surface area (Å²) in [5.41, 5.74) is -1.00. The number of halogens is 5. The van der Waals surface area contributed by atoms with Crippen molar-refractivity contribution >= 4 is 5.91 Å². The van der Waals surface area contributed by atoms with E-state index in [2.05, 4.69) is 5.10 Å². The van der Waals surface area contributed by atoms with E-state index >= 15 is 0 Å². The van der Waals surface area contributed by atoms with Crippen LogP contribution >= 0.6 is 0 Å². The lowest BCUT2D eigenvalue weighted by Crippen LogP contribution is -2.42. The van der Waals surface area contributed by atoms with Gasteiger partial charge in [0.1, 0.15) is 17.7 Å². The number of rotatable bonds is 3. The maximum Gasteiger partial charge on any atom is 0.346 e. The lowest BCUT2D eigenvalue weighted by molar-refractivity contribution is -0.135. The molecule has 156 valence electrons. The molecule has 2 aliphatic heterocycles. The zero-order valence-corrected chi connectivity index (χ0v) is 15.2. The lowest BCUT2D eigenvalue weighted by Gasteiger charge is -2.27. The molecule has 0 saturated carbocycles. The van der Waals surface area contributed by atoms with Crippen molar-refractivity contribution in [3.05, 3.63) is 51.5 Å². The van der Waals surface area contributed by atoms with Crippen LogP contribution in [-0.4, -0.2) is 44.2 Å². The summed E-state index contributed by atoms with van der Waals surface area (Å²) in [6.07, 6.45) is 0.764. The number of fused-ring (bicyclic) bond motifs is 1. The van der Waals surface area contributed by atoms with E-state index < -0.39 is 60.5 Å². The van der Waals surface area contributed by atoms with Crippen LogP contribution < -0.4 is 5.69 Å². The van der Waals surface area contributed by atoms with Crippen LogP contribution in [0.15, 0.2) is 16.9 Å². The van der Waals surface area contributed by atoms with Crippen LogP contribution in [0.1, 0.15) is 36.7 Å². The molecule has 2 aliphatic rings. The first-order valence-electron chi connectivity index (χ1n) is 9.14. The summed E-state index contributed by atoms with van der Waals surface area (Å²) < 4.78 is 69.4. The van der Waals surface area contributed by atoms with Gasteiger partial charge >= 0.3 is 5.69 Å². The number of aromatic nitrogens is 3. The highest BCUT2D eigenvalue weighted by atomic mass is 19.3. The van der Waals surface area contributed by atoms with Crippen LogP contribution in [0, 0.1) is 17.5 Å². The SMILES string of the molecule is O=C([C@H]1CCCc2nn(Cc3cc(F)c(F)cc3F)c(=O)n21)N1CCC(F)(F)C1. The van der Waals surface area contributed by atoms with Gasteiger partial charge in [0.25, 0.3) is 5.92 Å². The van der Waals surface area contributed by atoms with Crippen molar-refractivity contribution in [3.63, 3.8) is 0 Å². The Labute approximate surface area is 161 Å². The number of hydrogen-bond donors (Lipinski definition) is 0. The summed E-state index contributed by atoms with van der Waals surface area (Å²) in [7, 11) is 0. The Bertz CT molecular complexity index is 1030. The van der Waals surface area contributed by atoms with Gasteiger partial charge in [-0.3, -0.25) is 9.36 Å². The number of amides is 1. The van der Waals surface area contributed by atoms with Gasteiger partial charge in [-0.2, -0.15) is 5.10 Å². The highest BCUT2D eigenvalue weighted by Crippen LogP contribution is 2.31. The molecule has 6 nitrogen and oxygen atoms in total. The molecular weight excluding hydrogens is 399 g/mol. The van der Waals surface area contributed by atoms with Gasteiger partial charge in [0, 0.05) is 31.0 Å². The van der Waals surface area contributed by atoms with Gasteiger partial charge in [-0.1, -0.05) is 0 Å². The molecule has 29 heavy (non-hydrogen) atoms. The zero-order valence-electron chi connectivity index (χ0n) is 15.2. The van der Waals surface area contributed by atoms with Gasteiger partial charge in [-0.05, 0) is 18.9 Å². The molecule has 0 spiro atoms. The molecule has 0 bridgehead atoms. The molecule has 0 N–H and O–H groups in total. The van der Waals surface area contributed by atoms with E-state index in [-0.39, 0.29) is 17.9 Å². The predicted octanol–water partition coefficient (Wildman–Crippen LogP) is 2.26. The van der Waals surface area contributed by atoms with E-state index in [4.69, 9.17) is 0 Å². The summed E-state index contributed by atoms with van der Waals surface area (Å²) in [4.78, 5) is 26.6. The number of carbonyl (C=O) groups is 1. The molecule has 0 radical (unpaired) electrons. The van der Waals surface area contributed by atoms with Gasteiger partial charge < -0.3 is 4.90 Å². The van der Waals surface area contributed by atoms with E-state index in [1.807, 2.05) is 0 Å². The second-order valence-corrected chi connectivity index (χ2v) is 7.36. The molecule has 1 aromatic carbocycles. The van der Waals surface area contributed by atoms with Gasteiger partial charge in [0.2, 0.25) is 5.91 Å². The summed E-state index contributed by atoms with van der Waals surface area (Å²) in [6.45, 7) is -1.24.